The fourth-order valence-corrected chi connectivity index (χ4v) is 3.05. The molecule has 134 valence electrons. The van der Waals surface area contributed by atoms with Crippen molar-refractivity contribution in [2.75, 3.05) is 13.2 Å². The largest absolute Gasteiger partial charge is 0.465 e. The van der Waals surface area contributed by atoms with Gasteiger partial charge in [0, 0.05) is 0 Å². The van der Waals surface area contributed by atoms with E-state index in [0.717, 1.165) is 16.3 Å². The number of ether oxygens (including phenoxy) is 2. The van der Waals surface area contributed by atoms with Crippen molar-refractivity contribution in [2.24, 2.45) is 11.3 Å². The molecule has 0 spiro atoms. The van der Waals surface area contributed by atoms with Crippen molar-refractivity contribution in [1.82, 2.24) is 0 Å². The Morgan fingerprint density at radius 2 is 1.52 bits per heavy atom. The molecule has 0 fully saturated rings. The van der Waals surface area contributed by atoms with Crippen molar-refractivity contribution >= 4 is 22.7 Å². The minimum absolute atomic E-state index is 0.231. The zero-order valence-electron chi connectivity index (χ0n) is 15.4. The summed E-state index contributed by atoms with van der Waals surface area (Å²) in [5, 5.41) is 2.27. The van der Waals surface area contributed by atoms with E-state index in [1.54, 1.807) is 20.8 Å². The van der Waals surface area contributed by atoms with Crippen LogP contribution in [0.5, 0.6) is 0 Å². The molecule has 0 aromatic heterocycles. The van der Waals surface area contributed by atoms with Crippen LogP contribution in [0, 0.1) is 11.3 Å². The minimum Gasteiger partial charge on any atom is -0.465 e. The molecule has 2 aromatic carbocycles. The van der Waals surface area contributed by atoms with Crippen LogP contribution in [0.1, 0.15) is 33.3 Å². The molecule has 4 heteroatoms. The van der Waals surface area contributed by atoms with Gasteiger partial charge in [0.15, 0.2) is 5.41 Å². The summed E-state index contributed by atoms with van der Waals surface area (Å²) in [6.45, 7) is 7.45. The van der Waals surface area contributed by atoms with Gasteiger partial charge in [-0.1, -0.05) is 49.4 Å². The summed E-state index contributed by atoms with van der Waals surface area (Å²) in [6.07, 6.45) is 0.579. The lowest BCUT2D eigenvalue weighted by molar-refractivity contribution is -0.174. The number of hydrogen-bond donors (Lipinski definition) is 0. The van der Waals surface area contributed by atoms with Crippen LogP contribution < -0.4 is 0 Å². The highest BCUT2D eigenvalue weighted by Crippen LogP contribution is 2.35. The molecule has 0 N–H and O–H groups in total. The van der Waals surface area contributed by atoms with Crippen LogP contribution in [0.25, 0.3) is 10.8 Å². The second kappa shape index (κ2) is 8.15. The van der Waals surface area contributed by atoms with Gasteiger partial charge in [-0.25, -0.2) is 0 Å². The first-order valence-corrected chi connectivity index (χ1v) is 8.76. The van der Waals surface area contributed by atoms with Gasteiger partial charge in [-0.15, -0.1) is 0 Å². The van der Waals surface area contributed by atoms with Crippen LogP contribution in [0.2, 0.25) is 0 Å². The molecule has 0 saturated heterocycles. The molecule has 0 aliphatic rings. The van der Waals surface area contributed by atoms with Gasteiger partial charge in [0.2, 0.25) is 0 Å². The third kappa shape index (κ3) is 3.84. The number of fused-ring (bicyclic) bond motifs is 1. The van der Waals surface area contributed by atoms with Crippen molar-refractivity contribution < 1.29 is 19.1 Å². The summed E-state index contributed by atoms with van der Waals surface area (Å²) in [5.41, 5.74) is -0.228. The first kappa shape index (κ1) is 19.0. The second-order valence-electron chi connectivity index (χ2n) is 6.39. The Kier molecular flexibility index (Phi) is 6.18. The number of esters is 2. The monoisotopic (exact) mass is 342 g/mol. The SMILES string of the molecule is CCOC(=O)C(C)(C(=O)OCC)[C@@H](C)Cc1cccc2ccccc12. The number of carbonyl (C=O) groups excluding carboxylic acids is 2. The van der Waals surface area contributed by atoms with Gasteiger partial charge in [0.25, 0.3) is 0 Å². The maximum atomic E-state index is 12.6. The third-order valence-corrected chi connectivity index (χ3v) is 4.79. The van der Waals surface area contributed by atoms with Gasteiger partial charge in [-0.05, 0) is 49.4 Å². The van der Waals surface area contributed by atoms with E-state index in [1.807, 2.05) is 31.2 Å². The highest BCUT2D eigenvalue weighted by atomic mass is 16.6. The topological polar surface area (TPSA) is 52.6 Å². The maximum absolute atomic E-state index is 12.6. The molecule has 2 rings (SSSR count). The molecular formula is C21H26O4. The summed E-state index contributed by atoms with van der Waals surface area (Å²) in [6, 6.07) is 14.2. The molecule has 0 aliphatic carbocycles. The smallest absolute Gasteiger partial charge is 0.323 e. The van der Waals surface area contributed by atoms with Crippen molar-refractivity contribution in [3.63, 3.8) is 0 Å². The molecule has 25 heavy (non-hydrogen) atoms. The molecule has 1 atom stereocenters. The number of rotatable bonds is 7. The van der Waals surface area contributed by atoms with Crippen LogP contribution >= 0.6 is 0 Å². The lowest BCUT2D eigenvalue weighted by atomic mass is 9.74. The van der Waals surface area contributed by atoms with Crippen molar-refractivity contribution in [3.8, 4) is 0 Å². The Balaban J connectivity index is 2.37. The highest BCUT2D eigenvalue weighted by molar-refractivity contribution is 6.00. The number of hydrogen-bond acceptors (Lipinski definition) is 4. The quantitative estimate of drug-likeness (QED) is 0.560. The Hall–Kier alpha value is -2.36. The normalized spacial score (nSPS) is 12.6. The van der Waals surface area contributed by atoms with E-state index >= 15 is 0 Å². The van der Waals surface area contributed by atoms with E-state index in [0.29, 0.717) is 6.42 Å². The highest BCUT2D eigenvalue weighted by Gasteiger charge is 2.48. The zero-order chi connectivity index (χ0) is 18.4. The standard InChI is InChI=1S/C21H26O4/c1-5-24-19(22)21(4,20(23)25-6-2)15(3)14-17-12-9-11-16-10-7-8-13-18(16)17/h7-13,15H,5-6,14H2,1-4H3/t15-/m0/s1. The third-order valence-electron chi connectivity index (χ3n) is 4.79. The van der Waals surface area contributed by atoms with E-state index in [1.165, 1.54) is 0 Å². The maximum Gasteiger partial charge on any atom is 0.323 e. The van der Waals surface area contributed by atoms with E-state index in [4.69, 9.17) is 9.47 Å². The lowest BCUT2D eigenvalue weighted by Crippen LogP contribution is -2.45. The van der Waals surface area contributed by atoms with Crippen LogP contribution in [-0.4, -0.2) is 25.2 Å². The predicted molar refractivity (Wildman–Crippen MR) is 98.2 cm³/mol. The van der Waals surface area contributed by atoms with Crippen molar-refractivity contribution in [1.29, 1.82) is 0 Å². The molecule has 0 radical (unpaired) electrons. The number of benzene rings is 2. The molecule has 0 heterocycles. The molecule has 0 bridgehead atoms. The summed E-state index contributed by atoms with van der Waals surface area (Å²) < 4.78 is 10.4. The Bertz CT molecular complexity index is 727. The lowest BCUT2D eigenvalue weighted by Gasteiger charge is -2.31. The van der Waals surface area contributed by atoms with Crippen LogP contribution in [0.15, 0.2) is 42.5 Å². The molecule has 0 aliphatic heterocycles. The molecule has 2 aromatic rings. The van der Waals surface area contributed by atoms with E-state index in [9.17, 15) is 9.59 Å². The van der Waals surface area contributed by atoms with Crippen LogP contribution in [0.3, 0.4) is 0 Å². The average molecular weight is 342 g/mol. The van der Waals surface area contributed by atoms with E-state index in [-0.39, 0.29) is 19.1 Å². The molecule has 4 nitrogen and oxygen atoms in total. The Morgan fingerprint density at radius 3 is 2.12 bits per heavy atom. The van der Waals surface area contributed by atoms with E-state index in [2.05, 4.69) is 18.2 Å². The molecular weight excluding hydrogens is 316 g/mol. The van der Waals surface area contributed by atoms with Gasteiger partial charge in [-0.2, -0.15) is 0 Å². The molecule has 0 amide bonds. The van der Waals surface area contributed by atoms with Gasteiger partial charge in [0.05, 0.1) is 13.2 Å². The van der Waals surface area contributed by atoms with E-state index < -0.39 is 17.4 Å². The second-order valence-corrected chi connectivity index (χ2v) is 6.39. The number of carbonyl (C=O) groups is 2. The van der Waals surface area contributed by atoms with Crippen molar-refractivity contribution in [3.05, 3.63) is 48.0 Å². The summed E-state index contributed by atoms with van der Waals surface area (Å²) in [4.78, 5) is 25.1. The zero-order valence-corrected chi connectivity index (χ0v) is 15.4. The first-order chi connectivity index (χ1) is 11.9. The Labute approximate surface area is 149 Å². The Morgan fingerprint density at radius 1 is 0.960 bits per heavy atom. The van der Waals surface area contributed by atoms with Gasteiger partial charge < -0.3 is 9.47 Å². The predicted octanol–water partition coefficient (Wildman–Crippen LogP) is 4.15. The van der Waals surface area contributed by atoms with Gasteiger partial charge in [0.1, 0.15) is 0 Å². The average Bonchev–Trinajstić information content (AvgIpc) is 2.61. The fraction of sp³-hybridized carbons (Fsp3) is 0.429. The fourth-order valence-electron chi connectivity index (χ4n) is 3.05. The summed E-state index contributed by atoms with van der Waals surface area (Å²) in [7, 11) is 0. The summed E-state index contributed by atoms with van der Waals surface area (Å²) in [5.74, 6) is -1.32. The van der Waals surface area contributed by atoms with Crippen molar-refractivity contribution in [2.45, 2.75) is 34.1 Å². The van der Waals surface area contributed by atoms with Gasteiger partial charge in [-0.3, -0.25) is 9.59 Å². The van der Waals surface area contributed by atoms with Gasteiger partial charge >= 0.3 is 11.9 Å². The minimum atomic E-state index is -1.33. The van der Waals surface area contributed by atoms with Crippen LogP contribution in [0.4, 0.5) is 0 Å². The molecule has 0 saturated carbocycles. The first-order valence-electron chi connectivity index (χ1n) is 8.76. The summed E-state index contributed by atoms with van der Waals surface area (Å²) >= 11 is 0. The molecule has 0 unspecified atom stereocenters. The van der Waals surface area contributed by atoms with Crippen LogP contribution in [-0.2, 0) is 25.5 Å².